The fraction of sp³-hybridized carbons (Fsp3) is 0.381. The number of hydrogen-bond acceptors (Lipinski definition) is 4. The van der Waals surface area contributed by atoms with Crippen molar-refractivity contribution in [1.82, 2.24) is 24.8 Å². The number of rotatable bonds is 6. The van der Waals surface area contributed by atoms with E-state index in [4.69, 9.17) is 9.72 Å². The zero-order chi connectivity index (χ0) is 19.3. The molecule has 4 rings (SSSR count). The first-order valence-electron chi connectivity index (χ1n) is 9.72. The molecule has 1 saturated heterocycles. The van der Waals surface area contributed by atoms with Crippen molar-refractivity contribution in [3.05, 3.63) is 54.6 Å². The third-order valence-corrected chi connectivity index (χ3v) is 5.13. The Balaban J connectivity index is 1.32. The van der Waals surface area contributed by atoms with Crippen molar-refractivity contribution in [2.75, 3.05) is 19.7 Å². The summed E-state index contributed by atoms with van der Waals surface area (Å²) < 4.78 is 7.72. The van der Waals surface area contributed by atoms with Gasteiger partial charge in [0.1, 0.15) is 11.6 Å². The highest BCUT2D eigenvalue weighted by atomic mass is 16.5. The molecule has 2 amide bonds. The highest BCUT2D eigenvalue weighted by Gasteiger charge is 2.33. The third-order valence-electron chi connectivity index (χ3n) is 5.13. The minimum atomic E-state index is -0.0315. The molecule has 28 heavy (non-hydrogen) atoms. The highest BCUT2D eigenvalue weighted by molar-refractivity contribution is 5.77. The molecule has 1 aliphatic heterocycles. The lowest BCUT2D eigenvalue weighted by molar-refractivity contribution is 0.189. The van der Waals surface area contributed by atoms with Crippen LogP contribution in [-0.2, 0) is 7.05 Å². The Labute approximate surface area is 164 Å². The molecule has 3 aromatic rings. The zero-order valence-corrected chi connectivity index (χ0v) is 16.0. The Morgan fingerprint density at radius 3 is 3.00 bits per heavy atom. The molecule has 0 saturated carbocycles. The number of nitrogens with one attached hydrogen (secondary N) is 1. The second-order valence-electron chi connectivity index (χ2n) is 6.99. The van der Waals surface area contributed by atoms with Gasteiger partial charge in [0, 0.05) is 26.3 Å². The third kappa shape index (κ3) is 3.78. The Bertz CT molecular complexity index is 940. The molecule has 0 bridgehead atoms. The van der Waals surface area contributed by atoms with Crippen LogP contribution in [0.3, 0.4) is 0 Å². The minimum Gasteiger partial charge on any atom is -0.492 e. The van der Waals surface area contributed by atoms with E-state index in [9.17, 15) is 4.79 Å². The lowest BCUT2D eigenvalue weighted by atomic mass is 10.2. The summed E-state index contributed by atoms with van der Waals surface area (Å²) in [7, 11) is 2.02. The molecule has 0 spiro atoms. The molecule has 146 valence electrons. The maximum Gasteiger partial charge on any atom is 0.318 e. The molecule has 1 unspecified atom stereocenters. The molecule has 1 atom stereocenters. The molecule has 7 nitrogen and oxygen atoms in total. The van der Waals surface area contributed by atoms with E-state index < -0.39 is 0 Å². The maximum atomic E-state index is 12.7. The van der Waals surface area contributed by atoms with Crippen LogP contribution in [0, 0.1) is 0 Å². The molecule has 1 fully saturated rings. The number of nitrogens with zero attached hydrogens (tertiary/aromatic N) is 4. The van der Waals surface area contributed by atoms with Gasteiger partial charge in [-0.05, 0) is 43.5 Å². The summed E-state index contributed by atoms with van der Waals surface area (Å²) in [5, 5.41) is 3.02. The SMILES string of the molecule is Cn1c(C2CCCN2C(=O)NCCCOc2cccnc2)nc2ccccc21. The van der Waals surface area contributed by atoms with Gasteiger partial charge in [-0.1, -0.05) is 12.1 Å². The van der Waals surface area contributed by atoms with Gasteiger partial charge in [0.25, 0.3) is 0 Å². The first-order valence-corrected chi connectivity index (χ1v) is 9.72. The van der Waals surface area contributed by atoms with Gasteiger partial charge in [0.15, 0.2) is 0 Å². The lowest BCUT2D eigenvalue weighted by Crippen LogP contribution is -2.40. The first kappa shape index (κ1) is 18.3. The van der Waals surface area contributed by atoms with E-state index in [1.54, 1.807) is 12.4 Å². The van der Waals surface area contributed by atoms with E-state index in [-0.39, 0.29) is 12.1 Å². The van der Waals surface area contributed by atoms with Gasteiger partial charge in [-0.3, -0.25) is 4.98 Å². The quantitative estimate of drug-likeness (QED) is 0.667. The maximum absolute atomic E-state index is 12.7. The molecule has 1 aromatic carbocycles. The number of likely N-dealkylation sites (tertiary alicyclic amines) is 1. The van der Waals surface area contributed by atoms with Gasteiger partial charge >= 0.3 is 6.03 Å². The molecular formula is C21H25N5O2. The summed E-state index contributed by atoms with van der Waals surface area (Å²) in [6.07, 6.45) is 6.07. The average Bonchev–Trinajstić information content (AvgIpc) is 3.33. The predicted molar refractivity (Wildman–Crippen MR) is 107 cm³/mol. The van der Waals surface area contributed by atoms with Crippen LogP contribution in [0.25, 0.3) is 11.0 Å². The largest absolute Gasteiger partial charge is 0.492 e. The van der Waals surface area contributed by atoms with Crippen LogP contribution in [-0.4, -0.2) is 45.2 Å². The molecule has 1 aliphatic rings. The number of benzene rings is 1. The molecule has 1 N–H and O–H groups in total. The Kier molecular flexibility index (Phi) is 5.41. The van der Waals surface area contributed by atoms with Gasteiger partial charge in [0.2, 0.25) is 0 Å². The van der Waals surface area contributed by atoms with Crippen LogP contribution >= 0.6 is 0 Å². The minimum absolute atomic E-state index is 0.0176. The van der Waals surface area contributed by atoms with E-state index in [1.807, 2.05) is 42.3 Å². The Morgan fingerprint density at radius 2 is 2.18 bits per heavy atom. The monoisotopic (exact) mass is 379 g/mol. The summed E-state index contributed by atoms with van der Waals surface area (Å²) >= 11 is 0. The van der Waals surface area contributed by atoms with E-state index >= 15 is 0 Å². The Morgan fingerprint density at radius 1 is 1.29 bits per heavy atom. The number of aromatic nitrogens is 3. The van der Waals surface area contributed by atoms with Crippen molar-refractivity contribution in [2.45, 2.75) is 25.3 Å². The molecule has 0 radical (unpaired) electrons. The number of amides is 2. The predicted octanol–water partition coefficient (Wildman–Crippen LogP) is 3.28. The van der Waals surface area contributed by atoms with E-state index in [1.165, 1.54) is 0 Å². The van der Waals surface area contributed by atoms with Crippen LogP contribution in [0.5, 0.6) is 5.75 Å². The second-order valence-corrected chi connectivity index (χ2v) is 6.99. The average molecular weight is 379 g/mol. The van der Waals surface area contributed by atoms with Gasteiger partial charge in [0.05, 0.1) is 29.9 Å². The van der Waals surface area contributed by atoms with Gasteiger partial charge in [-0.25, -0.2) is 9.78 Å². The van der Waals surface area contributed by atoms with Gasteiger partial charge in [-0.15, -0.1) is 0 Å². The Hall–Kier alpha value is -3.09. The van der Waals surface area contributed by atoms with Crippen molar-refractivity contribution in [1.29, 1.82) is 0 Å². The number of fused-ring (bicyclic) bond motifs is 1. The second kappa shape index (κ2) is 8.29. The number of aryl methyl sites for hydroxylation is 1. The number of carbonyl (C=O) groups excluding carboxylic acids is 1. The van der Waals surface area contributed by atoms with Crippen molar-refractivity contribution >= 4 is 17.1 Å². The molecule has 0 aliphatic carbocycles. The van der Waals surface area contributed by atoms with Crippen LogP contribution in [0.15, 0.2) is 48.8 Å². The summed E-state index contributed by atoms with van der Waals surface area (Å²) in [4.78, 5) is 23.4. The molecule has 2 aromatic heterocycles. The normalized spacial score (nSPS) is 16.5. The summed E-state index contributed by atoms with van der Waals surface area (Å²) in [5.41, 5.74) is 2.07. The number of carbonyl (C=O) groups is 1. The molecule has 7 heteroatoms. The number of ether oxygens (including phenoxy) is 1. The zero-order valence-electron chi connectivity index (χ0n) is 16.0. The highest BCUT2D eigenvalue weighted by Crippen LogP contribution is 2.32. The van der Waals surface area contributed by atoms with Crippen molar-refractivity contribution in [2.24, 2.45) is 7.05 Å². The van der Waals surface area contributed by atoms with E-state index in [0.29, 0.717) is 13.2 Å². The summed E-state index contributed by atoms with van der Waals surface area (Å²) in [5.74, 6) is 1.70. The number of hydrogen-bond donors (Lipinski definition) is 1. The molecular weight excluding hydrogens is 354 g/mol. The van der Waals surface area contributed by atoms with Crippen LogP contribution in [0.4, 0.5) is 4.79 Å². The summed E-state index contributed by atoms with van der Waals surface area (Å²) in [6.45, 7) is 1.87. The lowest BCUT2D eigenvalue weighted by Gasteiger charge is -2.24. The van der Waals surface area contributed by atoms with Crippen molar-refractivity contribution in [3.8, 4) is 5.75 Å². The topological polar surface area (TPSA) is 72.3 Å². The van der Waals surface area contributed by atoms with Crippen molar-refractivity contribution < 1.29 is 9.53 Å². The van der Waals surface area contributed by atoms with Crippen LogP contribution in [0.2, 0.25) is 0 Å². The fourth-order valence-electron chi connectivity index (χ4n) is 3.73. The number of pyridine rings is 1. The van der Waals surface area contributed by atoms with Crippen LogP contribution < -0.4 is 10.1 Å². The smallest absolute Gasteiger partial charge is 0.318 e. The van der Waals surface area contributed by atoms with Gasteiger partial charge in [-0.2, -0.15) is 0 Å². The standard InChI is InChI=1S/C21H25N5O2/c1-25-18-9-3-2-8-17(18)24-20(25)19-10-5-13-26(19)21(27)23-12-6-14-28-16-7-4-11-22-15-16/h2-4,7-9,11,15,19H,5-6,10,12-14H2,1H3,(H,23,27). The fourth-order valence-corrected chi connectivity index (χ4v) is 3.73. The first-order chi connectivity index (χ1) is 13.7. The number of imidazole rings is 1. The summed E-state index contributed by atoms with van der Waals surface area (Å²) in [6, 6.07) is 11.8. The van der Waals surface area contributed by atoms with Gasteiger partial charge < -0.3 is 19.5 Å². The molecule has 3 heterocycles. The number of urea groups is 1. The van der Waals surface area contributed by atoms with E-state index in [2.05, 4.69) is 20.9 Å². The number of para-hydroxylation sites is 2. The van der Waals surface area contributed by atoms with Crippen LogP contribution in [0.1, 0.15) is 31.1 Å². The van der Waals surface area contributed by atoms with Crippen molar-refractivity contribution in [3.63, 3.8) is 0 Å². The van der Waals surface area contributed by atoms with E-state index in [0.717, 1.165) is 48.4 Å².